The predicted molar refractivity (Wildman–Crippen MR) is 71.6 cm³/mol. The molecule has 0 fully saturated rings. The molecule has 0 aliphatic heterocycles. The first-order valence-corrected chi connectivity index (χ1v) is 6.17. The first-order valence-electron chi connectivity index (χ1n) is 5.36. The Morgan fingerprint density at radius 3 is 2.88 bits per heavy atom. The van der Waals surface area contributed by atoms with Gasteiger partial charge in [-0.3, -0.25) is 0 Å². The van der Waals surface area contributed by atoms with Crippen LogP contribution in [0.15, 0.2) is 48.7 Å². The molecule has 0 aliphatic rings. The van der Waals surface area contributed by atoms with Crippen LogP contribution >= 0.6 is 11.3 Å². The van der Waals surface area contributed by atoms with Crippen molar-refractivity contribution in [3.05, 3.63) is 48.7 Å². The van der Waals surface area contributed by atoms with Gasteiger partial charge in [0.25, 0.3) is 0 Å². The Hall–Kier alpha value is -1.87. The first-order chi connectivity index (χ1) is 8.36. The molecule has 84 valence electrons. The van der Waals surface area contributed by atoms with Crippen LogP contribution in [-0.2, 0) is 0 Å². The number of methoxy groups -OCH3 is 1. The van der Waals surface area contributed by atoms with Crippen LogP contribution in [0, 0.1) is 0 Å². The molecule has 2 aromatic heterocycles. The summed E-state index contributed by atoms with van der Waals surface area (Å²) < 4.78 is 5.24. The highest BCUT2D eigenvalue weighted by molar-refractivity contribution is 7.21. The zero-order valence-electron chi connectivity index (χ0n) is 9.38. The van der Waals surface area contributed by atoms with Crippen molar-refractivity contribution in [2.75, 3.05) is 7.11 Å². The highest BCUT2D eigenvalue weighted by atomic mass is 32.1. The lowest BCUT2D eigenvalue weighted by atomic mass is 10.1. The van der Waals surface area contributed by atoms with E-state index in [4.69, 9.17) is 4.74 Å². The van der Waals surface area contributed by atoms with Gasteiger partial charge in [-0.1, -0.05) is 18.2 Å². The molecule has 17 heavy (non-hydrogen) atoms. The van der Waals surface area contributed by atoms with E-state index in [2.05, 4.69) is 23.2 Å². The molecule has 2 nitrogen and oxygen atoms in total. The van der Waals surface area contributed by atoms with Crippen molar-refractivity contribution in [2.45, 2.75) is 0 Å². The normalized spacial score (nSPS) is 10.6. The SMILES string of the molecule is COc1cccc(-c2cc3cccnc3s2)c1. The fourth-order valence-electron chi connectivity index (χ4n) is 1.79. The van der Waals surface area contributed by atoms with Gasteiger partial charge >= 0.3 is 0 Å². The van der Waals surface area contributed by atoms with E-state index < -0.39 is 0 Å². The van der Waals surface area contributed by atoms with E-state index in [0.29, 0.717) is 0 Å². The summed E-state index contributed by atoms with van der Waals surface area (Å²) in [6, 6.07) is 14.3. The van der Waals surface area contributed by atoms with Gasteiger partial charge in [0.1, 0.15) is 10.6 Å². The van der Waals surface area contributed by atoms with Gasteiger partial charge in [0.15, 0.2) is 0 Å². The smallest absolute Gasteiger partial charge is 0.123 e. The molecule has 0 aliphatic carbocycles. The van der Waals surface area contributed by atoms with Gasteiger partial charge < -0.3 is 4.74 Å². The topological polar surface area (TPSA) is 22.1 Å². The van der Waals surface area contributed by atoms with Crippen molar-refractivity contribution >= 4 is 21.6 Å². The number of aromatic nitrogens is 1. The molecule has 3 heteroatoms. The molecule has 0 spiro atoms. The Morgan fingerprint density at radius 2 is 2.06 bits per heavy atom. The zero-order valence-corrected chi connectivity index (χ0v) is 10.2. The third kappa shape index (κ3) is 1.89. The van der Waals surface area contributed by atoms with Crippen LogP contribution in [0.1, 0.15) is 0 Å². The van der Waals surface area contributed by atoms with Crippen molar-refractivity contribution in [2.24, 2.45) is 0 Å². The van der Waals surface area contributed by atoms with Gasteiger partial charge in [0, 0.05) is 16.5 Å². The molecular formula is C14H11NOS. The maximum atomic E-state index is 5.24. The lowest BCUT2D eigenvalue weighted by Crippen LogP contribution is -1.81. The van der Waals surface area contributed by atoms with E-state index in [1.54, 1.807) is 18.4 Å². The Labute approximate surface area is 104 Å². The van der Waals surface area contributed by atoms with Crippen LogP contribution < -0.4 is 4.74 Å². The van der Waals surface area contributed by atoms with Crippen LogP contribution in [0.4, 0.5) is 0 Å². The fraction of sp³-hybridized carbons (Fsp3) is 0.0714. The Bertz CT molecular complexity index is 627. The maximum Gasteiger partial charge on any atom is 0.123 e. The molecule has 0 amide bonds. The summed E-state index contributed by atoms with van der Waals surface area (Å²) in [5.41, 5.74) is 1.17. The Balaban J connectivity index is 2.13. The molecule has 0 radical (unpaired) electrons. The first kappa shape index (κ1) is 10.3. The summed E-state index contributed by atoms with van der Waals surface area (Å²) in [4.78, 5) is 6.65. The summed E-state index contributed by atoms with van der Waals surface area (Å²) in [6.07, 6.45) is 1.83. The van der Waals surface area contributed by atoms with E-state index in [9.17, 15) is 0 Å². The van der Waals surface area contributed by atoms with Crippen LogP contribution in [0.3, 0.4) is 0 Å². The van der Waals surface area contributed by atoms with Gasteiger partial charge in [-0.05, 0) is 29.8 Å². The minimum absolute atomic E-state index is 0.882. The number of pyridine rings is 1. The highest BCUT2D eigenvalue weighted by Crippen LogP contribution is 2.33. The van der Waals surface area contributed by atoms with Crippen molar-refractivity contribution in [3.8, 4) is 16.2 Å². The lowest BCUT2D eigenvalue weighted by Gasteiger charge is -2.01. The summed E-state index contributed by atoms with van der Waals surface area (Å²) in [6.45, 7) is 0. The number of ether oxygens (including phenoxy) is 1. The number of nitrogens with zero attached hydrogens (tertiary/aromatic N) is 1. The van der Waals surface area contributed by atoms with Crippen molar-refractivity contribution in [1.29, 1.82) is 0 Å². The third-order valence-electron chi connectivity index (χ3n) is 2.65. The molecule has 0 N–H and O–H groups in total. The van der Waals surface area contributed by atoms with E-state index >= 15 is 0 Å². The van der Waals surface area contributed by atoms with Crippen LogP contribution in [0.5, 0.6) is 5.75 Å². The summed E-state index contributed by atoms with van der Waals surface area (Å²) in [7, 11) is 1.69. The molecule has 0 bridgehead atoms. The summed E-state index contributed by atoms with van der Waals surface area (Å²) in [5, 5.41) is 1.19. The number of hydrogen-bond donors (Lipinski definition) is 0. The number of hydrogen-bond acceptors (Lipinski definition) is 3. The van der Waals surface area contributed by atoms with Crippen LogP contribution in [-0.4, -0.2) is 12.1 Å². The number of rotatable bonds is 2. The molecular weight excluding hydrogens is 230 g/mol. The monoisotopic (exact) mass is 241 g/mol. The number of benzene rings is 1. The molecule has 0 atom stereocenters. The number of thiophene rings is 1. The predicted octanol–water partition coefficient (Wildman–Crippen LogP) is 3.97. The molecule has 2 heterocycles. The quantitative estimate of drug-likeness (QED) is 0.677. The zero-order chi connectivity index (χ0) is 11.7. The van der Waals surface area contributed by atoms with Gasteiger partial charge in [0.05, 0.1) is 7.11 Å². The minimum Gasteiger partial charge on any atom is -0.497 e. The standard InChI is InChI=1S/C14H11NOS/c1-16-12-6-2-4-10(8-12)13-9-11-5-3-7-15-14(11)17-13/h2-9H,1H3. The van der Waals surface area contributed by atoms with Crippen molar-refractivity contribution in [1.82, 2.24) is 4.98 Å². The third-order valence-corrected chi connectivity index (χ3v) is 3.76. The van der Waals surface area contributed by atoms with Gasteiger partial charge in [-0.25, -0.2) is 4.98 Å². The number of fused-ring (bicyclic) bond motifs is 1. The van der Waals surface area contributed by atoms with E-state index in [-0.39, 0.29) is 0 Å². The molecule has 3 aromatic rings. The second-order valence-electron chi connectivity index (χ2n) is 3.74. The molecule has 0 saturated carbocycles. The average Bonchev–Trinajstić information content (AvgIpc) is 2.82. The van der Waals surface area contributed by atoms with Gasteiger partial charge in [0.2, 0.25) is 0 Å². The van der Waals surface area contributed by atoms with Crippen molar-refractivity contribution < 1.29 is 4.74 Å². The summed E-state index contributed by atoms with van der Waals surface area (Å²) in [5.74, 6) is 0.882. The maximum absolute atomic E-state index is 5.24. The Morgan fingerprint density at radius 1 is 1.12 bits per heavy atom. The Kier molecular flexibility index (Phi) is 2.53. The van der Waals surface area contributed by atoms with E-state index in [0.717, 1.165) is 10.6 Å². The minimum atomic E-state index is 0.882. The van der Waals surface area contributed by atoms with E-state index in [1.807, 2.05) is 30.5 Å². The molecule has 0 unspecified atom stereocenters. The molecule has 3 rings (SSSR count). The van der Waals surface area contributed by atoms with Gasteiger partial charge in [-0.15, -0.1) is 11.3 Å². The van der Waals surface area contributed by atoms with Crippen LogP contribution in [0.25, 0.3) is 20.7 Å². The largest absolute Gasteiger partial charge is 0.497 e. The van der Waals surface area contributed by atoms with Crippen molar-refractivity contribution in [3.63, 3.8) is 0 Å². The highest BCUT2D eigenvalue weighted by Gasteiger charge is 2.05. The average molecular weight is 241 g/mol. The molecule has 0 saturated heterocycles. The molecule has 1 aromatic carbocycles. The fourth-order valence-corrected chi connectivity index (χ4v) is 2.79. The second-order valence-corrected chi connectivity index (χ2v) is 4.77. The van der Waals surface area contributed by atoms with E-state index in [1.165, 1.54) is 15.8 Å². The summed E-state index contributed by atoms with van der Waals surface area (Å²) >= 11 is 1.70. The second kappa shape index (κ2) is 4.18. The van der Waals surface area contributed by atoms with Crippen LogP contribution in [0.2, 0.25) is 0 Å². The van der Waals surface area contributed by atoms with Gasteiger partial charge in [-0.2, -0.15) is 0 Å². The lowest BCUT2D eigenvalue weighted by molar-refractivity contribution is 0.415.